The predicted octanol–water partition coefficient (Wildman–Crippen LogP) is 11.3. The zero-order valence-electron chi connectivity index (χ0n) is 29.6. The van der Waals surface area contributed by atoms with Crippen LogP contribution >= 0.6 is 0 Å². The average molecular weight is 694 g/mol. The van der Waals surface area contributed by atoms with Gasteiger partial charge in [0, 0.05) is 16.7 Å². The molecular formula is C49H35N3Si. The molecular weight excluding hydrogens is 659 g/mol. The normalized spacial score (nSPS) is 12.9. The van der Waals surface area contributed by atoms with Gasteiger partial charge in [-0.2, -0.15) is 0 Å². The van der Waals surface area contributed by atoms with Crippen molar-refractivity contribution in [2.24, 2.45) is 0 Å². The van der Waals surface area contributed by atoms with Gasteiger partial charge in [0.15, 0.2) is 17.5 Å². The van der Waals surface area contributed by atoms with E-state index >= 15 is 0 Å². The fourth-order valence-electron chi connectivity index (χ4n) is 8.04. The molecule has 0 unspecified atom stereocenters. The van der Waals surface area contributed by atoms with Crippen LogP contribution in [0.3, 0.4) is 0 Å². The van der Waals surface area contributed by atoms with Crippen LogP contribution in [0, 0.1) is 0 Å². The molecule has 0 radical (unpaired) electrons. The maximum atomic E-state index is 5.26. The summed E-state index contributed by atoms with van der Waals surface area (Å²) in [5, 5.41) is 7.90. The van der Waals surface area contributed by atoms with Crippen LogP contribution in [0.4, 0.5) is 0 Å². The summed E-state index contributed by atoms with van der Waals surface area (Å²) in [5.74, 6) is 2.01. The molecule has 0 amide bonds. The molecule has 0 spiro atoms. The quantitative estimate of drug-likeness (QED) is 0.168. The van der Waals surface area contributed by atoms with Gasteiger partial charge in [-0.05, 0) is 77.4 Å². The monoisotopic (exact) mass is 693 g/mol. The van der Waals surface area contributed by atoms with Crippen molar-refractivity contribution in [2.75, 3.05) is 0 Å². The van der Waals surface area contributed by atoms with Gasteiger partial charge >= 0.3 is 0 Å². The Bertz CT molecular complexity index is 2840. The van der Waals surface area contributed by atoms with Crippen molar-refractivity contribution in [3.63, 3.8) is 0 Å². The van der Waals surface area contributed by atoms with Gasteiger partial charge in [0.1, 0.15) is 8.07 Å². The fraction of sp³-hybridized carbons (Fsp3) is 0.0408. The molecule has 1 aliphatic rings. The minimum atomic E-state index is -1.98. The Hall–Kier alpha value is -6.49. The van der Waals surface area contributed by atoms with Crippen molar-refractivity contribution in [3.8, 4) is 67.5 Å². The lowest BCUT2D eigenvalue weighted by Gasteiger charge is -2.19. The predicted molar refractivity (Wildman–Crippen MR) is 224 cm³/mol. The van der Waals surface area contributed by atoms with E-state index in [1.165, 1.54) is 54.2 Å². The summed E-state index contributed by atoms with van der Waals surface area (Å²) in [7, 11) is -1.98. The Morgan fingerprint density at radius 3 is 1.47 bits per heavy atom. The Kier molecular flexibility index (Phi) is 7.27. The van der Waals surface area contributed by atoms with Crippen LogP contribution in [-0.2, 0) is 0 Å². The van der Waals surface area contributed by atoms with E-state index in [1.807, 2.05) is 6.07 Å². The van der Waals surface area contributed by atoms with Gasteiger partial charge in [-0.25, -0.2) is 15.0 Å². The van der Waals surface area contributed by atoms with E-state index in [-0.39, 0.29) is 0 Å². The van der Waals surface area contributed by atoms with Crippen molar-refractivity contribution >= 4 is 40.0 Å². The molecule has 0 aliphatic carbocycles. The summed E-state index contributed by atoms with van der Waals surface area (Å²) in [4.78, 5) is 15.7. The minimum Gasteiger partial charge on any atom is -0.208 e. The highest BCUT2D eigenvalue weighted by Gasteiger charge is 2.39. The summed E-state index contributed by atoms with van der Waals surface area (Å²) in [6, 6.07) is 63.0. The van der Waals surface area contributed by atoms with Crippen LogP contribution in [-0.4, -0.2) is 23.0 Å². The number of aromatic nitrogens is 3. The molecule has 1 aromatic heterocycles. The molecule has 0 saturated heterocycles. The summed E-state index contributed by atoms with van der Waals surface area (Å²) in [5.41, 5.74) is 10.2. The molecule has 1 aliphatic heterocycles. The number of hydrogen-bond donors (Lipinski definition) is 0. The Balaban J connectivity index is 1.13. The molecule has 4 heteroatoms. The summed E-state index contributed by atoms with van der Waals surface area (Å²) in [6.07, 6.45) is 0. The first-order valence-corrected chi connectivity index (χ1v) is 21.2. The molecule has 0 N–H and O–H groups in total. The minimum absolute atomic E-state index is 0.660. The second-order valence-electron chi connectivity index (χ2n) is 14.5. The third kappa shape index (κ3) is 5.38. The Morgan fingerprint density at radius 2 is 0.811 bits per heavy atom. The number of hydrogen-bond acceptors (Lipinski definition) is 3. The van der Waals surface area contributed by atoms with E-state index in [0.29, 0.717) is 17.5 Å². The highest BCUT2D eigenvalue weighted by Crippen LogP contribution is 2.38. The molecule has 250 valence electrons. The van der Waals surface area contributed by atoms with Crippen LogP contribution in [0.1, 0.15) is 0 Å². The highest BCUT2D eigenvalue weighted by atomic mass is 28.3. The zero-order valence-corrected chi connectivity index (χ0v) is 30.6. The molecule has 2 heterocycles. The van der Waals surface area contributed by atoms with Crippen LogP contribution in [0.25, 0.3) is 89.1 Å². The van der Waals surface area contributed by atoms with Gasteiger partial charge < -0.3 is 0 Å². The molecule has 53 heavy (non-hydrogen) atoms. The van der Waals surface area contributed by atoms with E-state index < -0.39 is 8.07 Å². The van der Waals surface area contributed by atoms with Crippen LogP contribution in [0.15, 0.2) is 176 Å². The second kappa shape index (κ2) is 12.3. The summed E-state index contributed by atoms with van der Waals surface area (Å²) in [6.45, 7) is 4.93. The smallest absolute Gasteiger partial charge is 0.164 e. The van der Waals surface area contributed by atoms with Gasteiger partial charge in [0.05, 0.1) is 0 Å². The summed E-state index contributed by atoms with van der Waals surface area (Å²) >= 11 is 0. The zero-order chi connectivity index (χ0) is 35.5. The SMILES string of the molecule is C[Si]1(C)c2cc3ccccc3cc2-c2c(-c3nc(-c4ccc(-c5ccccc5)cc4)nc(-c4ccc(-c5ccc6ccccc6c5)cc4)n3)cccc21. The topological polar surface area (TPSA) is 38.7 Å². The number of benzene rings is 8. The first-order valence-electron chi connectivity index (χ1n) is 18.2. The van der Waals surface area contributed by atoms with E-state index in [4.69, 9.17) is 15.0 Å². The third-order valence-corrected chi connectivity index (χ3v) is 14.4. The van der Waals surface area contributed by atoms with Crippen molar-refractivity contribution in [3.05, 3.63) is 176 Å². The molecule has 3 nitrogen and oxygen atoms in total. The Labute approximate surface area is 310 Å². The molecule has 8 aromatic carbocycles. The molecule has 9 aromatic rings. The van der Waals surface area contributed by atoms with Gasteiger partial charge in [0.2, 0.25) is 0 Å². The van der Waals surface area contributed by atoms with E-state index in [0.717, 1.165) is 27.8 Å². The van der Waals surface area contributed by atoms with Gasteiger partial charge in [0.25, 0.3) is 0 Å². The highest BCUT2D eigenvalue weighted by molar-refractivity contribution is 7.04. The summed E-state index contributed by atoms with van der Waals surface area (Å²) < 4.78 is 0. The Morgan fingerprint density at radius 1 is 0.321 bits per heavy atom. The number of fused-ring (bicyclic) bond motifs is 5. The van der Waals surface area contributed by atoms with Crippen LogP contribution < -0.4 is 10.4 Å². The molecule has 0 bridgehead atoms. The lowest BCUT2D eigenvalue weighted by Crippen LogP contribution is -2.49. The maximum Gasteiger partial charge on any atom is 0.164 e. The van der Waals surface area contributed by atoms with Gasteiger partial charge in [-0.15, -0.1) is 0 Å². The molecule has 0 atom stereocenters. The molecule has 0 fully saturated rings. The van der Waals surface area contributed by atoms with Crippen LogP contribution in [0.5, 0.6) is 0 Å². The first kappa shape index (κ1) is 31.3. The van der Waals surface area contributed by atoms with Crippen molar-refractivity contribution in [2.45, 2.75) is 13.1 Å². The number of nitrogens with zero attached hydrogens (tertiary/aromatic N) is 3. The van der Waals surface area contributed by atoms with E-state index in [2.05, 4.69) is 183 Å². The van der Waals surface area contributed by atoms with Crippen molar-refractivity contribution < 1.29 is 0 Å². The van der Waals surface area contributed by atoms with Gasteiger partial charge in [-0.3, -0.25) is 0 Å². The standard InChI is InChI=1S/C49H35N3Si/c1-53(2)44-18-10-17-42(46(44)43-30-39-15-8-9-16-40(39)31-45(43)53)49-51-47(36-24-19-34(20-25-36)32-11-4-3-5-12-32)50-48(52-49)37-26-21-35(22-27-37)41-28-23-33-13-6-7-14-38(33)29-41/h3-31H,1-2H3. The largest absolute Gasteiger partial charge is 0.208 e. The molecule has 0 saturated carbocycles. The fourth-order valence-corrected chi connectivity index (χ4v) is 11.1. The van der Waals surface area contributed by atoms with Gasteiger partial charge in [-0.1, -0.05) is 177 Å². The van der Waals surface area contributed by atoms with Crippen LogP contribution in [0.2, 0.25) is 13.1 Å². The lowest BCUT2D eigenvalue weighted by atomic mass is 9.96. The molecule has 10 rings (SSSR count). The third-order valence-electron chi connectivity index (χ3n) is 10.9. The maximum absolute atomic E-state index is 5.26. The van der Waals surface area contributed by atoms with E-state index in [9.17, 15) is 0 Å². The lowest BCUT2D eigenvalue weighted by molar-refractivity contribution is 1.07. The second-order valence-corrected chi connectivity index (χ2v) is 18.8. The number of rotatable bonds is 5. The first-order chi connectivity index (χ1) is 26.0. The van der Waals surface area contributed by atoms with Crippen molar-refractivity contribution in [1.82, 2.24) is 15.0 Å². The van der Waals surface area contributed by atoms with E-state index in [1.54, 1.807) is 0 Å². The van der Waals surface area contributed by atoms with Crippen molar-refractivity contribution in [1.29, 1.82) is 0 Å². The average Bonchev–Trinajstić information content (AvgIpc) is 3.45.